The quantitative estimate of drug-likeness (QED) is 0.0209. The van der Waals surface area contributed by atoms with E-state index in [4.69, 9.17) is 0 Å². The standard InChI is InChI=1S/C67H95N21O17/c89-54(68-17-5-1-3-9-55(90)81-50(64(102)103)39-76-61(99)45-11-14-52-47(35-45)37-78-87(52)25-7-19-70-66-72-21-22-73-66)16-13-49(80-57(92)41-83-27-29-84(42-58(93)94)31-33-86(44-60(97)98)34-32-85(30-28-83)43-59(95)96)63(101)69-18-6-2-4-10-56(91)82-51(65(104)105)40-77-62(100)46-12-15-53-48(36-46)38-79-88(53)26-8-20-71-67-74-23-24-75-67/h11-12,14-15,21-24,35-38,49-51H,1-10,13,16-20,25-34,39-44H2,(H,68,89)(H,69,101)(H,76,99)(H,77,100)(H,80,92)(H,81,90)(H,82,91)(H,93,94)(H,95,96)(H,97,98)(H,102,103)(H,104,105)(H2,70,72,73)(H2,71,74,75)/t49?,50-,51+/m1/s1. The number of nitrogens with zero attached hydrogens (tertiary/aromatic N) is 10. The number of rotatable bonds is 45. The Morgan fingerprint density at radius 1 is 0.429 bits per heavy atom. The van der Waals surface area contributed by atoms with Crippen molar-refractivity contribution in [2.75, 3.05) is 128 Å². The Morgan fingerprint density at radius 2 is 0.838 bits per heavy atom. The van der Waals surface area contributed by atoms with Crippen molar-refractivity contribution in [3.8, 4) is 0 Å². The summed E-state index contributed by atoms with van der Waals surface area (Å²) in [5.41, 5.74) is 2.14. The molecule has 3 atom stereocenters. The van der Waals surface area contributed by atoms with Gasteiger partial charge in [0.25, 0.3) is 11.8 Å². The van der Waals surface area contributed by atoms with Crippen LogP contribution >= 0.6 is 0 Å². The Bertz CT molecular complexity index is 3820. The van der Waals surface area contributed by atoms with Crippen LogP contribution in [0.5, 0.6) is 0 Å². The molecule has 1 unspecified atom stereocenters. The van der Waals surface area contributed by atoms with Crippen molar-refractivity contribution >= 4 is 105 Å². The van der Waals surface area contributed by atoms with Gasteiger partial charge in [-0.05, 0) is 81.3 Å². The molecule has 6 aromatic rings. The molecule has 38 nitrogen and oxygen atoms in total. The first kappa shape index (κ1) is 81.2. The Balaban J connectivity index is 0.854. The molecule has 1 aliphatic rings. The number of anilines is 2. The summed E-state index contributed by atoms with van der Waals surface area (Å²) < 4.78 is 3.62. The lowest BCUT2D eigenvalue weighted by Gasteiger charge is -2.33. The highest BCUT2D eigenvalue weighted by molar-refractivity contribution is 5.99. The first-order chi connectivity index (χ1) is 50.5. The van der Waals surface area contributed by atoms with E-state index in [-0.39, 0.29) is 122 Å². The van der Waals surface area contributed by atoms with Crippen LogP contribution in [-0.2, 0) is 61.0 Å². The summed E-state index contributed by atoms with van der Waals surface area (Å²) in [6, 6.07) is 5.84. The predicted molar refractivity (Wildman–Crippen MR) is 379 cm³/mol. The van der Waals surface area contributed by atoms with Crippen LogP contribution in [0.4, 0.5) is 11.9 Å². The molecule has 7 amide bonds. The van der Waals surface area contributed by atoms with Crippen LogP contribution in [0.25, 0.3) is 21.8 Å². The third-order valence-corrected chi connectivity index (χ3v) is 17.2. The van der Waals surface area contributed by atoms with Gasteiger partial charge in [0, 0.05) is 171 Å². The van der Waals surface area contributed by atoms with Gasteiger partial charge < -0.3 is 83.4 Å². The fraction of sp³-hybridized carbons (Fsp3) is 0.522. The Morgan fingerprint density at radius 3 is 1.24 bits per heavy atom. The van der Waals surface area contributed by atoms with Crippen molar-refractivity contribution in [3.63, 3.8) is 0 Å². The molecule has 1 fully saturated rings. The molecule has 0 aliphatic carbocycles. The van der Waals surface area contributed by atoms with Gasteiger partial charge in [-0.2, -0.15) is 10.2 Å². The highest BCUT2D eigenvalue weighted by atomic mass is 16.4. The molecule has 0 spiro atoms. The van der Waals surface area contributed by atoms with Gasteiger partial charge in [-0.3, -0.25) is 76.9 Å². The van der Waals surface area contributed by atoms with E-state index in [2.05, 4.69) is 78.0 Å². The second-order valence-electron chi connectivity index (χ2n) is 25.3. The van der Waals surface area contributed by atoms with Gasteiger partial charge in [0.1, 0.15) is 18.1 Å². The fourth-order valence-corrected chi connectivity index (χ4v) is 11.5. The molecule has 38 heteroatoms. The van der Waals surface area contributed by atoms with Gasteiger partial charge >= 0.3 is 29.8 Å². The fourth-order valence-electron chi connectivity index (χ4n) is 11.5. The lowest BCUT2D eigenvalue weighted by molar-refractivity contribution is -0.142. The van der Waals surface area contributed by atoms with Crippen LogP contribution < -0.4 is 47.9 Å². The maximum absolute atomic E-state index is 14.0. The van der Waals surface area contributed by atoms with E-state index in [1.54, 1.807) is 93.2 Å². The molecule has 5 heterocycles. The van der Waals surface area contributed by atoms with Gasteiger partial charge in [-0.15, -0.1) is 0 Å². The summed E-state index contributed by atoms with van der Waals surface area (Å²) in [5, 5.41) is 83.7. The zero-order chi connectivity index (χ0) is 75.5. The SMILES string of the molecule is O=C(O)CN1CCN(CC(=O)O)CCN(CC(=O)NC(CCC(=O)NCCCCCC(=O)N[C@H](CNC(=O)c2ccc3c(cnn3CCCNc3ncc[nH]3)c2)C(=O)O)C(=O)NCCCCCC(=O)N[C@@H](CNC(=O)c2ccc3c(cnn3CCCNc3ncc[nH]3)c2)C(=O)O)CCN(CC(=O)O)CC1. The lowest BCUT2D eigenvalue weighted by atomic mass is 10.1. The number of H-pyrrole nitrogens is 2. The van der Waals surface area contributed by atoms with E-state index in [9.17, 15) is 83.1 Å². The number of aromatic nitrogens is 8. The molecule has 0 saturated carbocycles. The van der Waals surface area contributed by atoms with Gasteiger partial charge in [0.2, 0.25) is 29.5 Å². The molecular formula is C67H95N21O17. The Kier molecular flexibility index (Phi) is 33.3. The summed E-state index contributed by atoms with van der Waals surface area (Å²) in [4.78, 5) is 174. The number of carbonyl (C=O) groups excluding carboxylic acids is 7. The van der Waals surface area contributed by atoms with Crippen LogP contribution in [0.2, 0.25) is 0 Å². The van der Waals surface area contributed by atoms with Crippen molar-refractivity contribution in [1.29, 1.82) is 0 Å². The van der Waals surface area contributed by atoms with E-state index in [0.717, 1.165) is 23.9 Å². The number of unbranched alkanes of at least 4 members (excludes halogenated alkanes) is 4. The number of aryl methyl sites for hydroxylation is 2. The predicted octanol–water partition coefficient (Wildman–Crippen LogP) is -0.771. The minimum atomic E-state index is -1.45. The number of fused-ring (bicyclic) bond motifs is 2. The molecule has 0 bridgehead atoms. The van der Waals surface area contributed by atoms with Crippen molar-refractivity contribution in [3.05, 3.63) is 84.7 Å². The number of amides is 7. The van der Waals surface area contributed by atoms with Gasteiger partial charge in [0.05, 0.1) is 49.6 Å². The average Bonchev–Trinajstić information content (AvgIpc) is 1.69. The largest absolute Gasteiger partial charge is 0.480 e. The molecule has 0 radical (unpaired) electrons. The monoisotopic (exact) mass is 1470 g/mol. The van der Waals surface area contributed by atoms with Crippen LogP contribution in [0.3, 0.4) is 0 Å². The van der Waals surface area contributed by atoms with Crippen molar-refractivity contribution in [2.45, 2.75) is 108 Å². The number of carboxylic acids is 5. The number of carboxylic acid groups (broad SMARTS) is 5. The first-order valence-electron chi connectivity index (χ1n) is 34.9. The lowest BCUT2D eigenvalue weighted by Crippen LogP contribution is -2.52. The number of carbonyl (C=O) groups is 12. The molecule has 2 aromatic carbocycles. The maximum atomic E-state index is 14.0. The van der Waals surface area contributed by atoms with Crippen LogP contribution in [0.1, 0.15) is 97.8 Å². The van der Waals surface area contributed by atoms with E-state index in [1.807, 2.05) is 9.36 Å². The first-order valence-corrected chi connectivity index (χ1v) is 34.9. The maximum Gasteiger partial charge on any atom is 0.328 e. The zero-order valence-electron chi connectivity index (χ0n) is 58.4. The van der Waals surface area contributed by atoms with Crippen LogP contribution in [-0.4, -0.2) is 292 Å². The molecule has 7 rings (SSSR count). The molecule has 4 aromatic heterocycles. The number of aromatic amines is 2. The molecule has 16 N–H and O–H groups in total. The topological polar surface area (TPSA) is 520 Å². The van der Waals surface area contributed by atoms with E-state index in [1.165, 1.54) is 0 Å². The number of nitrogens with one attached hydrogen (secondary N) is 11. The summed E-state index contributed by atoms with van der Waals surface area (Å²) in [6.07, 6.45) is 13.1. The number of hydrogen-bond acceptors (Lipinski definition) is 22. The second kappa shape index (κ2) is 43.1. The normalized spacial score (nSPS) is 14.3. The Labute approximate surface area is 603 Å². The zero-order valence-corrected chi connectivity index (χ0v) is 58.4. The molecule has 1 saturated heterocycles. The Hall–Kier alpha value is -11.1. The van der Waals surface area contributed by atoms with E-state index in [0.29, 0.717) is 81.0 Å². The number of hydrogen-bond donors (Lipinski definition) is 16. The minimum absolute atomic E-state index is 0.0539. The number of benzene rings is 2. The van der Waals surface area contributed by atoms with E-state index < -0.39 is 116 Å². The molecule has 1 aliphatic heterocycles. The summed E-state index contributed by atoms with van der Waals surface area (Å²) in [5.74, 6) is -8.81. The molecule has 570 valence electrons. The van der Waals surface area contributed by atoms with Gasteiger partial charge in [-0.25, -0.2) is 19.6 Å². The second-order valence-corrected chi connectivity index (χ2v) is 25.3. The third kappa shape index (κ3) is 29.3. The van der Waals surface area contributed by atoms with Crippen molar-refractivity contribution in [1.82, 2.24) is 96.3 Å². The van der Waals surface area contributed by atoms with Gasteiger partial charge in [-0.1, -0.05) is 12.8 Å². The van der Waals surface area contributed by atoms with E-state index >= 15 is 0 Å². The summed E-state index contributed by atoms with van der Waals surface area (Å²) in [7, 11) is 0. The molecular weight excluding hydrogens is 1370 g/mol. The smallest absolute Gasteiger partial charge is 0.328 e. The van der Waals surface area contributed by atoms with Gasteiger partial charge in [0.15, 0.2) is 11.9 Å². The van der Waals surface area contributed by atoms with Crippen LogP contribution in [0.15, 0.2) is 73.6 Å². The number of aliphatic carboxylic acids is 5. The van der Waals surface area contributed by atoms with Crippen molar-refractivity contribution in [2.24, 2.45) is 0 Å². The third-order valence-electron chi connectivity index (χ3n) is 17.2. The minimum Gasteiger partial charge on any atom is -0.480 e. The highest BCUT2D eigenvalue weighted by Gasteiger charge is 2.27. The average molecular weight is 1470 g/mol. The van der Waals surface area contributed by atoms with Crippen molar-refractivity contribution < 1.29 is 83.1 Å². The number of imidazole rings is 2. The summed E-state index contributed by atoms with van der Waals surface area (Å²) in [6.45, 7) is 1.51. The summed E-state index contributed by atoms with van der Waals surface area (Å²) >= 11 is 0. The highest BCUT2D eigenvalue weighted by Crippen LogP contribution is 2.19. The molecule has 105 heavy (non-hydrogen) atoms. The van der Waals surface area contributed by atoms with Crippen LogP contribution in [0, 0.1) is 0 Å².